The first-order chi connectivity index (χ1) is 17.7. The summed E-state index contributed by atoms with van der Waals surface area (Å²) in [6, 6.07) is 10.5. The molecule has 0 radical (unpaired) electrons. The van der Waals surface area contributed by atoms with Crippen LogP contribution in [0.15, 0.2) is 47.7 Å². The smallest absolute Gasteiger partial charge is 0.134 e. The number of hydrogen-bond acceptors (Lipinski definition) is 5. The molecule has 4 aliphatic rings. The summed E-state index contributed by atoms with van der Waals surface area (Å²) < 4.78 is 18.5. The van der Waals surface area contributed by atoms with Gasteiger partial charge in [0.15, 0.2) is 0 Å². The van der Waals surface area contributed by atoms with Crippen molar-refractivity contribution in [3.8, 4) is 11.5 Å². The number of nitrogens with zero attached hydrogens (tertiary/aromatic N) is 1. The van der Waals surface area contributed by atoms with Crippen molar-refractivity contribution in [2.45, 2.75) is 45.1 Å². The number of aliphatic hydroxyl groups is 1. The lowest BCUT2D eigenvalue weighted by atomic mass is 9.90. The molecule has 36 heavy (non-hydrogen) atoms. The lowest BCUT2D eigenvalue weighted by Crippen LogP contribution is -2.33. The van der Waals surface area contributed by atoms with Crippen LogP contribution in [0, 0.1) is 6.92 Å². The fourth-order valence-electron chi connectivity index (χ4n) is 5.88. The zero-order chi connectivity index (χ0) is 24.5. The van der Waals surface area contributed by atoms with Crippen molar-refractivity contribution in [3.63, 3.8) is 0 Å². The second-order valence-corrected chi connectivity index (χ2v) is 10.3. The van der Waals surface area contributed by atoms with Gasteiger partial charge >= 0.3 is 0 Å². The van der Waals surface area contributed by atoms with Crippen molar-refractivity contribution < 1.29 is 19.3 Å². The minimum absolute atomic E-state index is 0.0555. The molecule has 5 heteroatoms. The highest BCUT2D eigenvalue weighted by Gasteiger charge is 2.27. The number of aliphatic hydroxyl groups excluding tert-OH is 1. The summed E-state index contributed by atoms with van der Waals surface area (Å²) in [5, 5.41) is 13.0. The summed E-state index contributed by atoms with van der Waals surface area (Å²) in [5.74, 6) is 2.04. The van der Waals surface area contributed by atoms with E-state index in [0.717, 1.165) is 63.8 Å². The quantitative estimate of drug-likeness (QED) is 0.672. The van der Waals surface area contributed by atoms with Gasteiger partial charge in [0.2, 0.25) is 0 Å². The van der Waals surface area contributed by atoms with Gasteiger partial charge in [-0.2, -0.15) is 0 Å². The van der Waals surface area contributed by atoms with Crippen LogP contribution >= 0.6 is 0 Å². The van der Waals surface area contributed by atoms with Gasteiger partial charge in [0.25, 0.3) is 0 Å². The van der Waals surface area contributed by atoms with Gasteiger partial charge in [-0.1, -0.05) is 30.7 Å². The van der Waals surface area contributed by atoms with Crippen LogP contribution in [-0.4, -0.2) is 49.5 Å². The zero-order valence-corrected chi connectivity index (χ0v) is 21.1. The third kappa shape index (κ3) is 4.70. The van der Waals surface area contributed by atoms with E-state index < -0.39 is 0 Å². The molecule has 0 saturated carbocycles. The molecule has 188 valence electrons. The second kappa shape index (κ2) is 10.2. The van der Waals surface area contributed by atoms with Crippen molar-refractivity contribution >= 4 is 17.7 Å². The molecular formula is C31H35NO4. The number of rotatable bonds is 5. The minimum Gasteiger partial charge on any atom is -0.508 e. The Morgan fingerprint density at radius 1 is 1.08 bits per heavy atom. The Morgan fingerprint density at radius 2 is 1.92 bits per heavy atom. The molecule has 0 amide bonds. The molecule has 1 unspecified atom stereocenters. The summed E-state index contributed by atoms with van der Waals surface area (Å²) >= 11 is 0. The number of fused-ring (bicyclic) bond motifs is 4. The van der Waals surface area contributed by atoms with Gasteiger partial charge in [-0.15, -0.1) is 0 Å². The predicted octanol–water partition coefficient (Wildman–Crippen LogP) is 4.57. The fourth-order valence-corrected chi connectivity index (χ4v) is 5.88. The maximum atomic E-state index is 10.8. The SMILES string of the molecule is Cc1cc2c(c3c1=CCCO3)C=C(O)C=C1CC(c3ccc(OCCN4CCCCC4)cc3)OCC=21. The van der Waals surface area contributed by atoms with Crippen molar-refractivity contribution in [2.24, 2.45) is 0 Å². The van der Waals surface area contributed by atoms with Crippen LogP contribution in [0.25, 0.3) is 17.7 Å². The lowest BCUT2D eigenvalue weighted by Gasteiger charge is -2.28. The van der Waals surface area contributed by atoms with E-state index in [-0.39, 0.29) is 11.9 Å². The maximum Gasteiger partial charge on any atom is 0.134 e. The fraction of sp³-hybridized carbons (Fsp3) is 0.419. The van der Waals surface area contributed by atoms with Gasteiger partial charge in [-0.25, -0.2) is 0 Å². The summed E-state index contributed by atoms with van der Waals surface area (Å²) in [6.07, 6.45) is 11.5. The van der Waals surface area contributed by atoms with E-state index in [0.29, 0.717) is 19.6 Å². The molecule has 5 nitrogen and oxygen atoms in total. The van der Waals surface area contributed by atoms with E-state index in [9.17, 15) is 5.11 Å². The predicted molar refractivity (Wildman–Crippen MR) is 143 cm³/mol. The van der Waals surface area contributed by atoms with Gasteiger partial charge in [-0.3, -0.25) is 4.90 Å². The van der Waals surface area contributed by atoms with Gasteiger partial charge in [0.05, 0.1) is 19.3 Å². The molecule has 3 heterocycles. The third-order valence-corrected chi connectivity index (χ3v) is 7.82. The van der Waals surface area contributed by atoms with Crippen molar-refractivity contribution in [1.82, 2.24) is 4.90 Å². The molecular weight excluding hydrogens is 450 g/mol. The van der Waals surface area contributed by atoms with E-state index in [2.05, 4.69) is 36.1 Å². The molecule has 0 spiro atoms. The zero-order valence-electron chi connectivity index (χ0n) is 21.1. The summed E-state index contributed by atoms with van der Waals surface area (Å²) in [5.41, 5.74) is 5.55. The molecule has 2 aromatic rings. The number of piperidine rings is 1. The molecule has 1 aliphatic carbocycles. The summed E-state index contributed by atoms with van der Waals surface area (Å²) in [7, 11) is 0. The van der Waals surface area contributed by atoms with Crippen molar-refractivity contribution in [1.29, 1.82) is 0 Å². The highest BCUT2D eigenvalue weighted by Crippen LogP contribution is 2.37. The summed E-state index contributed by atoms with van der Waals surface area (Å²) in [6.45, 7) is 7.40. The highest BCUT2D eigenvalue weighted by atomic mass is 16.5. The molecule has 1 atom stereocenters. The van der Waals surface area contributed by atoms with Gasteiger partial charge in [0.1, 0.15) is 23.9 Å². The molecule has 0 aromatic heterocycles. The Morgan fingerprint density at radius 3 is 2.75 bits per heavy atom. The monoisotopic (exact) mass is 485 g/mol. The number of benzene rings is 2. The highest BCUT2D eigenvalue weighted by molar-refractivity contribution is 5.77. The number of hydrogen-bond donors (Lipinski definition) is 1. The Kier molecular flexibility index (Phi) is 6.60. The van der Waals surface area contributed by atoms with E-state index in [1.54, 1.807) is 0 Å². The van der Waals surface area contributed by atoms with Crippen molar-refractivity contribution in [3.05, 3.63) is 74.9 Å². The average molecular weight is 486 g/mol. The van der Waals surface area contributed by atoms with Gasteiger partial charge in [0, 0.05) is 30.2 Å². The normalized spacial score (nSPS) is 21.6. The first-order valence-corrected chi connectivity index (χ1v) is 13.3. The molecule has 2 aromatic carbocycles. The number of likely N-dealkylation sites (tertiary alicyclic amines) is 1. The van der Waals surface area contributed by atoms with E-state index >= 15 is 0 Å². The van der Waals surface area contributed by atoms with Crippen LogP contribution in [-0.2, 0) is 4.74 Å². The average Bonchev–Trinajstić information content (AvgIpc) is 3.05. The minimum atomic E-state index is -0.0555. The molecule has 2 saturated heterocycles. The number of allylic oxidation sites excluding steroid dienone is 1. The third-order valence-electron chi connectivity index (χ3n) is 7.82. The van der Waals surface area contributed by atoms with E-state index in [1.807, 2.05) is 24.3 Å². The molecule has 0 bridgehead atoms. The second-order valence-electron chi connectivity index (χ2n) is 10.3. The maximum absolute atomic E-state index is 10.8. The molecule has 2 fully saturated rings. The molecule has 6 rings (SSSR count). The van der Waals surface area contributed by atoms with E-state index in [4.69, 9.17) is 14.2 Å². The Balaban J connectivity index is 1.19. The Hall–Kier alpha value is -3.02. The van der Waals surface area contributed by atoms with Crippen LogP contribution in [0.5, 0.6) is 11.5 Å². The van der Waals surface area contributed by atoms with E-state index in [1.165, 1.54) is 37.9 Å². The molecule has 3 aliphatic heterocycles. The molecule has 1 N–H and O–H groups in total. The largest absolute Gasteiger partial charge is 0.508 e. The standard InChI is InChI=1S/C31H35NO4/c1-21-16-27-28(31-26(21)6-5-14-35-31)19-24(33)17-23-18-30(36-20-29(23)27)22-7-9-25(10-8-22)34-15-13-32-11-3-2-4-12-32/h6-10,16-17,19,30,33H,2-5,11-15,18,20H2,1H3. The van der Waals surface area contributed by atoms with Gasteiger partial charge in [-0.05, 0) is 84.6 Å². The van der Waals surface area contributed by atoms with Crippen molar-refractivity contribution in [2.75, 3.05) is 39.5 Å². The van der Waals surface area contributed by atoms with Crippen LogP contribution in [0.4, 0.5) is 0 Å². The first-order valence-electron chi connectivity index (χ1n) is 13.3. The van der Waals surface area contributed by atoms with Crippen LogP contribution in [0.2, 0.25) is 0 Å². The van der Waals surface area contributed by atoms with Crippen LogP contribution in [0.1, 0.15) is 54.9 Å². The van der Waals surface area contributed by atoms with Gasteiger partial charge < -0.3 is 19.3 Å². The number of ether oxygens (including phenoxy) is 3. The number of aryl methyl sites for hydroxylation is 1. The summed E-state index contributed by atoms with van der Waals surface area (Å²) in [4.78, 5) is 2.49. The van der Waals surface area contributed by atoms with Crippen LogP contribution < -0.4 is 19.9 Å². The first kappa shape index (κ1) is 23.4. The van der Waals surface area contributed by atoms with Crippen LogP contribution in [0.3, 0.4) is 0 Å². The Labute approximate surface area is 213 Å². The lowest BCUT2D eigenvalue weighted by molar-refractivity contribution is 0.0673. The Bertz CT molecular complexity index is 1320. The topological polar surface area (TPSA) is 51.2 Å².